The van der Waals surface area contributed by atoms with Crippen molar-refractivity contribution in [3.05, 3.63) is 75.4 Å². The maximum atomic E-state index is 14.2. The van der Waals surface area contributed by atoms with Gasteiger partial charge in [-0.2, -0.15) is 0 Å². The second-order valence-electron chi connectivity index (χ2n) is 13.1. The SMILES string of the molecule is CCOC(=O)CCCc1ccc(-c2ccc(C)c3c2C[C@]2(C)C[C@]4(C)CC(C)=C(C(C)=O)C(=O)[C@]4(O)C(=O)C2=C3O)cc1. The number of carbonyl (C=O) groups excluding carboxylic acids is 4. The first-order valence-electron chi connectivity index (χ1n) is 15.0. The molecule has 0 radical (unpaired) electrons. The van der Waals surface area contributed by atoms with Gasteiger partial charge < -0.3 is 14.9 Å². The molecule has 0 saturated heterocycles. The number of allylic oxidation sites excluding steroid dienone is 1. The Labute approximate surface area is 252 Å². The fourth-order valence-electron chi connectivity index (χ4n) is 8.01. The molecular formula is C36H40O7. The van der Waals surface area contributed by atoms with Crippen LogP contribution in [0, 0.1) is 17.8 Å². The molecule has 2 N–H and O–H groups in total. The molecule has 3 aliphatic rings. The van der Waals surface area contributed by atoms with Crippen LogP contribution in [0.1, 0.15) is 82.6 Å². The van der Waals surface area contributed by atoms with Gasteiger partial charge in [0.25, 0.3) is 0 Å². The van der Waals surface area contributed by atoms with Gasteiger partial charge in [-0.25, -0.2) is 0 Å². The average molecular weight is 585 g/mol. The average Bonchev–Trinajstić information content (AvgIpc) is 2.91. The summed E-state index contributed by atoms with van der Waals surface area (Å²) in [7, 11) is 0. The highest BCUT2D eigenvalue weighted by Gasteiger charge is 2.69. The summed E-state index contributed by atoms with van der Waals surface area (Å²) in [4.78, 5) is 52.0. The number of aliphatic hydroxyl groups excluding tert-OH is 1. The molecule has 0 heterocycles. The van der Waals surface area contributed by atoms with Crippen LogP contribution in [-0.4, -0.2) is 45.7 Å². The Kier molecular flexibility index (Phi) is 7.62. The van der Waals surface area contributed by atoms with Gasteiger partial charge in [-0.05, 0) is 87.6 Å². The van der Waals surface area contributed by atoms with Gasteiger partial charge in [-0.3, -0.25) is 19.2 Å². The Hall–Kier alpha value is -3.84. The third-order valence-corrected chi connectivity index (χ3v) is 9.78. The van der Waals surface area contributed by atoms with Crippen molar-refractivity contribution in [2.45, 2.75) is 85.7 Å². The standard InChI is InChI=1S/C36H40O7/c1-7-43-27(38)10-8-9-23-12-14-24(15-13-23)25-16-11-20(2)29-26(25)18-34(5)19-35(6)17-21(3)28(22(4)37)32(40)36(35,42)33(41)30(34)31(29)39/h11-16,39,42H,7-10,17-19H2,1-6H3/t34-,35+,36+/m1/s1. The van der Waals surface area contributed by atoms with Crippen LogP contribution in [0.4, 0.5) is 0 Å². The van der Waals surface area contributed by atoms with E-state index in [1.54, 1.807) is 20.8 Å². The molecule has 0 aliphatic heterocycles. The quantitative estimate of drug-likeness (QED) is 0.234. The summed E-state index contributed by atoms with van der Waals surface area (Å²) in [5, 5.41) is 23.7. The van der Waals surface area contributed by atoms with E-state index in [1.807, 2.05) is 50.2 Å². The van der Waals surface area contributed by atoms with Crippen LogP contribution >= 0.6 is 0 Å². The molecule has 0 spiro atoms. The van der Waals surface area contributed by atoms with Gasteiger partial charge in [0.05, 0.1) is 12.2 Å². The van der Waals surface area contributed by atoms with Gasteiger partial charge in [0.1, 0.15) is 5.76 Å². The molecule has 7 heteroatoms. The number of fused-ring (bicyclic) bond motifs is 3. The molecule has 2 aromatic rings. The first-order chi connectivity index (χ1) is 20.2. The first kappa shape index (κ1) is 30.6. The highest BCUT2D eigenvalue weighted by molar-refractivity contribution is 6.33. The number of hydrogen-bond acceptors (Lipinski definition) is 7. The second-order valence-corrected chi connectivity index (χ2v) is 13.1. The number of benzene rings is 2. The summed E-state index contributed by atoms with van der Waals surface area (Å²) < 4.78 is 5.02. The van der Waals surface area contributed by atoms with Crippen molar-refractivity contribution in [2.75, 3.05) is 6.61 Å². The smallest absolute Gasteiger partial charge is 0.305 e. The molecule has 2 aromatic carbocycles. The monoisotopic (exact) mass is 584 g/mol. The molecular weight excluding hydrogens is 544 g/mol. The van der Waals surface area contributed by atoms with Crippen molar-refractivity contribution < 1.29 is 34.1 Å². The van der Waals surface area contributed by atoms with Crippen LogP contribution in [0.2, 0.25) is 0 Å². The molecule has 7 nitrogen and oxygen atoms in total. The Balaban J connectivity index is 1.55. The van der Waals surface area contributed by atoms with Crippen LogP contribution in [0.5, 0.6) is 0 Å². The number of esters is 1. The van der Waals surface area contributed by atoms with Crippen LogP contribution in [-0.2, 0) is 36.8 Å². The second kappa shape index (κ2) is 10.7. The summed E-state index contributed by atoms with van der Waals surface area (Å²) >= 11 is 0. The van der Waals surface area contributed by atoms with Gasteiger partial charge >= 0.3 is 5.97 Å². The van der Waals surface area contributed by atoms with Gasteiger partial charge in [0.15, 0.2) is 11.4 Å². The lowest BCUT2D eigenvalue weighted by atomic mass is 9.46. The van der Waals surface area contributed by atoms with Gasteiger partial charge in [-0.15, -0.1) is 0 Å². The van der Waals surface area contributed by atoms with Crippen molar-refractivity contribution in [1.29, 1.82) is 0 Å². The summed E-state index contributed by atoms with van der Waals surface area (Å²) in [5.41, 5.74) is 1.36. The van der Waals surface area contributed by atoms with Crippen molar-refractivity contribution >= 4 is 29.1 Å². The Morgan fingerprint density at radius 2 is 1.65 bits per heavy atom. The number of aryl methyl sites for hydroxylation is 2. The zero-order valence-electron chi connectivity index (χ0n) is 25.8. The first-order valence-corrected chi connectivity index (χ1v) is 15.0. The molecule has 1 fully saturated rings. The van der Waals surface area contributed by atoms with Crippen molar-refractivity contribution in [3.8, 4) is 11.1 Å². The lowest BCUT2D eigenvalue weighted by Gasteiger charge is -2.56. The number of ether oxygens (including phenoxy) is 1. The molecule has 0 bridgehead atoms. The molecule has 1 saturated carbocycles. The van der Waals surface area contributed by atoms with Crippen LogP contribution in [0.15, 0.2) is 53.1 Å². The maximum Gasteiger partial charge on any atom is 0.305 e. The maximum absolute atomic E-state index is 14.2. The summed E-state index contributed by atoms with van der Waals surface area (Å²) in [6.07, 6.45) is 2.76. The molecule has 43 heavy (non-hydrogen) atoms. The number of hydrogen-bond donors (Lipinski definition) is 2. The fourth-order valence-corrected chi connectivity index (χ4v) is 8.01. The Morgan fingerprint density at radius 3 is 2.28 bits per heavy atom. The Morgan fingerprint density at radius 1 is 0.977 bits per heavy atom. The zero-order valence-corrected chi connectivity index (χ0v) is 25.8. The fraction of sp³-hybridized carbons (Fsp3) is 0.444. The Bertz CT molecular complexity index is 1630. The lowest BCUT2D eigenvalue weighted by Crippen LogP contribution is -2.67. The van der Waals surface area contributed by atoms with Gasteiger partial charge in [-0.1, -0.05) is 55.8 Å². The molecule has 0 unspecified atom stereocenters. The highest BCUT2D eigenvalue weighted by atomic mass is 16.5. The van der Waals surface area contributed by atoms with E-state index in [1.165, 1.54) is 6.92 Å². The molecule has 3 atom stereocenters. The van der Waals surface area contributed by atoms with Crippen LogP contribution in [0.3, 0.4) is 0 Å². The van der Waals surface area contributed by atoms with Crippen molar-refractivity contribution in [1.82, 2.24) is 0 Å². The predicted molar refractivity (Wildman–Crippen MR) is 163 cm³/mol. The normalized spacial score (nSPS) is 26.6. The molecule has 0 aromatic heterocycles. The van der Waals surface area contributed by atoms with E-state index in [-0.39, 0.29) is 35.7 Å². The van der Waals surface area contributed by atoms with E-state index < -0.39 is 33.8 Å². The molecule has 0 amide bonds. The van der Waals surface area contributed by atoms with E-state index >= 15 is 0 Å². The van der Waals surface area contributed by atoms with Gasteiger partial charge in [0.2, 0.25) is 11.6 Å². The third-order valence-electron chi connectivity index (χ3n) is 9.78. The van der Waals surface area contributed by atoms with Crippen molar-refractivity contribution in [2.24, 2.45) is 10.8 Å². The number of carbonyl (C=O) groups is 4. The zero-order chi connectivity index (χ0) is 31.5. The number of aliphatic hydroxyl groups is 2. The van der Waals surface area contributed by atoms with E-state index in [4.69, 9.17) is 4.74 Å². The third kappa shape index (κ3) is 4.69. The number of ketones is 3. The summed E-state index contributed by atoms with van der Waals surface area (Å²) in [6.45, 7) is 10.7. The van der Waals surface area contributed by atoms with Crippen molar-refractivity contribution in [3.63, 3.8) is 0 Å². The van der Waals surface area contributed by atoms with Crippen LogP contribution in [0.25, 0.3) is 16.9 Å². The highest BCUT2D eigenvalue weighted by Crippen LogP contribution is 2.62. The molecule has 3 aliphatic carbocycles. The lowest BCUT2D eigenvalue weighted by molar-refractivity contribution is -0.171. The largest absolute Gasteiger partial charge is 0.507 e. The van der Waals surface area contributed by atoms with E-state index in [9.17, 15) is 29.4 Å². The summed E-state index contributed by atoms with van der Waals surface area (Å²) in [5.74, 6) is -2.54. The number of Topliss-reactive ketones (excluding diaryl/α,β-unsaturated/α-hetero) is 3. The van der Waals surface area contributed by atoms with E-state index in [0.717, 1.165) is 34.2 Å². The topological polar surface area (TPSA) is 118 Å². The minimum Gasteiger partial charge on any atom is -0.507 e. The minimum atomic E-state index is -2.43. The van der Waals surface area contributed by atoms with E-state index in [2.05, 4.69) is 0 Å². The molecule has 226 valence electrons. The van der Waals surface area contributed by atoms with E-state index in [0.29, 0.717) is 37.0 Å². The predicted octanol–water partition coefficient (Wildman–Crippen LogP) is 5.97. The number of rotatable bonds is 7. The minimum absolute atomic E-state index is 0.0629. The summed E-state index contributed by atoms with van der Waals surface area (Å²) in [6, 6.07) is 12.1. The van der Waals surface area contributed by atoms with Crippen LogP contribution < -0.4 is 0 Å². The molecule has 5 rings (SSSR count). The van der Waals surface area contributed by atoms with Gasteiger partial charge in [0, 0.05) is 28.4 Å².